The molecule has 0 bridgehead atoms. The summed E-state index contributed by atoms with van der Waals surface area (Å²) >= 11 is 6.14. The Balaban J connectivity index is 2.85. The fraction of sp³-hybridized carbons (Fsp3) is 0.615. The van der Waals surface area contributed by atoms with Gasteiger partial charge in [0.1, 0.15) is 5.82 Å². The maximum Gasteiger partial charge on any atom is 0.128 e. The van der Waals surface area contributed by atoms with Gasteiger partial charge >= 0.3 is 0 Å². The quantitative estimate of drug-likeness (QED) is 0.812. The molecule has 1 N–H and O–H groups in total. The minimum Gasteiger partial charge on any atom is -0.357 e. The van der Waals surface area contributed by atoms with Crippen molar-refractivity contribution in [2.75, 3.05) is 24.5 Å². The van der Waals surface area contributed by atoms with Crippen LogP contribution < -0.4 is 10.2 Å². The first-order chi connectivity index (χ1) is 8.22. The normalized spacial score (nSPS) is 10.6. The first kappa shape index (κ1) is 14.3. The molecule has 17 heavy (non-hydrogen) atoms. The van der Waals surface area contributed by atoms with E-state index in [1.165, 1.54) is 0 Å². The highest BCUT2D eigenvalue weighted by molar-refractivity contribution is 6.31. The van der Waals surface area contributed by atoms with Crippen LogP contribution in [0.25, 0.3) is 0 Å². The zero-order valence-corrected chi connectivity index (χ0v) is 11.7. The Hall–Kier alpha value is -0.800. The maximum absolute atomic E-state index is 6.14. The number of hydrogen-bond donors (Lipinski definition) is 1. The smallest absolute Gasteiger partial charge is 0.128 e. The standard InChI is InChI=1S/C13H22ClN3/c1-4-9-17(6-3)13-8-7-11(14)12(16-13)10-15-5-2/h7-8,15H,4-6,9-10H2,1-3H3. The van der Waals surface area contributed by atoms with E-state index >= 15 is 0 Å². The van der Waals surface area contributed by atoms with E-state index in [0.717, 1.165) is 49.1 Å². The van der Waals surface area contributed by atoms with E-state index in [9.17, 15) is 0 Å². The third kappa shape index (κ3) is 4.17. The number of anilines is 1. The molecule has 0 aliphatic heterocycles. The fourth-order valence-corrected chi connectivity index (χ4v) is 1.89. The minimum absolute atomic E-state index is 0.729. The maximum atomic E-state index is 6.14. The van der Waals surface area contributed by atoms with Gasteiger partial charge in [-0.1, -0.05) is 25.4 Å². The second-order valence-corrected chi connectivity index (χ2v) is 4.37. The Morgan fingerprint density at radius 2 is 2.06 bits per heavy atom. The van der Waals surface area contributed by atoms with Gasteiger partial charge in [-0.05, 0) is 32.0 Å². The number of pyridine rings is 1. The molecule has 0 radical (unpaired) electrons. The van der Waals surface area contributed by atoms with E-state index in [4.69, 9.17) is 11.6 Å². The Kier molecular flexibility index (Phi) is 6.30. The highest BCUT2D eigenvalue weighted by Crippen LogP contribution is 2.19. The van der Waals surface area contributed by atoms with Crippen molar-refractivity contribution in [3.63, 3.8) is 0 Å². The summed E-state index contributed by atoms with van der Waals surface area (Å²) in [6, 6.07) is 3.94. The molecule has 1 rings (SSSR count). The highest BCUT2D eigenvalue weighted by atomic mass is 35.5. The molecule has 0 amide bonds. The molecule has 96 valence electrons. The van der Waals surface area contributed by atoms with Gasteiger partial charge in [0.25, 0.3) is 0 Å². The predicted octanol–water partition coefficient (Wildman–Crippen LogP) is 3.08. The van der Waals surface area contributed by atoms with Crippen LogP contribution in [-0.2, 0) is 6.54 Å². The molecule has 0 aromatic carbocycles. The van der Waals surface area contributed by atoms with Gasteiger partial charge in [-0.15, -0.1) is 0 Å². The molecular formula is C13H22ClN3. The van der Waals surface area contributed by atoms with Gasteiger partial charge in [-0.25, -0.2) is 4.98 Å². The van der Waals surface area contributed by atoms with Crippen LogP contribution in [-0.4, -0.2) is 24.6 Å². The van der Waals surface area contributed by atoms with Gasteiger partial charge in [-0.2, -0.15) is 0 Å². The lowest BCUT2D eigenvalue weighted by atomic mass is 10.3. The third-order valence-corrected chi connectivity index (χ3v) is 2.99. The van der Waals surface area contributed by atoms with Gasteiger partial charge in [0.15, 0.2) is 0 Å². The van der Waals surface area contributed by atoms with Crippen LogP contribution in [0.2, 0.25) is 5.02 Å². The van der Waals surface area contributed by atoms with Crippen LogP contribution in [0.15, 0.2) is 12.1 Å². The zero-order chi connectivity index (χ0) is 12.7. The summed E-state index contributed by atoms with van der Waals surface area (Å²) in [6.07, 6.45) is 1.13. The first-order valence-electron chi connectivity index (χ1n) is 6.33. The van der Waals surface area contributed by atoms with Gasteiger partial charge in [-0.3, -0.25) is 0 Å². The molecule has 0 aliphatic carbocycles. The number of nitrogens with zero attached hydrogens (tertiary/aromatic N) is 2. The van der Waals surface area contributed by atoms with Crippen LogP contribution in [0.5, 0.6) is 0 Å². The summed E-state index contributed by atoms with van der Waals surface area (Å²) in [6.45, 7) is 10.1. The molecule has 0 unspecified atom stereocenters. The van der Waals surface area contributed by atoms with Crippen molar-refractivity contribution >= 4 is 17.4 Å². The van der Waals surface area contributed by atoms with Crippen LogP contribution in [0, 0.1) is 0 Å². The predicted molar refractivity (Wildman–Crippen MR) is 74.8 cm³/mol. The molecule has 0 spiro atoms. The van der Waals surface area contributed by atoms with Crippen molar-refractivity contribution in [1.82, 2.24) is 10.3 Å². The van der Waals surface area contributed by atoms with E-state index in [1.54, 1.807) is 0 Å². The summed E-state index contributed by atoms with van der Waals surface area (Å²) in [5.74, 6) is 1.02. The lowest BCUT2D eigenvalue weighted by molar-refractivity contribution is 0.705. The van der Waals surface area contributed by atoms with Crippen molar-refractivity contribution in [3.05, 3.63) is 22.8 Å². The largest absolute Gasteiger partial charge is 0.357 e. The van der Waals surface area contributed by atoms with Crippen LogP contribution in [0.3, 0.4) is 0 Å². The molecule has 4 heteroatoms. The lowest BCUT2D eigenvalue weighted by Crippen LogP contribution is -2.25. The third-order valence-electron chi connectivity index (χ3n) is 2.65. The number of nitrogens with one attached hydrogen (secondary N) is 1. The summed E-state index contributed by atoms with van der Waals surface area (Å²) in [5.41, 5.74) is 0.931. The average Bonchev–Trinajstić information content (AvgIpc) is 2.35. The van der Waals surface area contributed by atoms with Gasteiger partial charge in [0, 0.05) is 19.6 Å². The number of hydrogen-bond acceptors (Lipinski definition) is 3. The summed E-state index contributed by atoms with van der Waals surface area (Å²) < 4.78 is 0. The molecule has 0 saturated heterocycles. The summed E-state index contributed by atoms with van der Waals surface area (Å²) in [7, 11) is 0. The van der Waals surface area contributed by atoms with Crippen molar-refractivity contribution in [1.29, 1.82) is 0 Å². The monoisotopic (exact) mass is 255 g/mol. The SMILES string of the molecule is CCCN(CC)c1ccc(Cl)c(CNCC)n1. The van der Waals surface area contributed by atoms with Crippen molar-refractivity contribution < 1.29 is 0 Å². The van der Waals surface area contributed by atoms with Crippen LogP contribution >= 0.6 is 11.6 Å². The Bertz CT molecular complexity index is 341. The fourth-order valence-electron chi connectivity index (χ4n) is 1.72. The Labute approximate surface area is 109 Å². The second-order valence-electron chi connectivity index (χ2n) is 3.96. The molecule has 0 aliphatic rings. The molecule has 0 saturated carbocycles. The van der Waals surface area contributed by atoms with E-state index in [-0.39, 0.29) is 0 Å². The molecule has 1 aromatic heterocycles. The molecule has 1 aromatic rings. The van der Waals surface area contributed by atoms with Crippen molar-refractivity contribution in [3.8, 4) is 0 Å². The zero-order valence-electron chi connectivity index (χ0n) is 11.0. The van der Waals surface area contributed by atoms with E-state index in [2.05, 4.69) is 36.0 Å². The first-order valence-corrected chi connectivity index (χ1v) is 6.71. The molecule has 0 fully saturated rings. The molecule has 0 atom stereocenters. The van der Waals surface area contributed by atoms with Gasteiger partial charge in [0.2, 0.25) is 0 Å². The van der Waals surface area contributed by atoms with E-state index in [0.29, 0.717) is 0 Å². The van der Waals surface area contributed by atoms with E-state index < -0.39 is 0 Å². The van der Waals surface area contributed by atoms with Gasteiger partial charge in [0.05, 0.1) is 10.7 Å². The van der Waals surface area contributed by atoms with Crippen LogP contribution in [0.1, 0.15) is 32.9 Å². The number of rotatable bonds is 7. The average molecular weight is 256 g/mol. The summed E-state index contributed by atoms with van der Waals surface area (Å²) in [4.78, 5) is 6.90. The van der Waals surface area contributed by atoms with Crippen molar-refractivity contribution in [2.45, 2.75) is 33.7 Å². The molecule has 3 nitrogen and oxygen atoms in total. The number of halogens is 1. The Morgan fingerprint density at radius 3 is 2.65 bits per heavy atom. The molecular weight excluding hydrogens is 234 g/mol. The summed E-state index contributed by atoms with van der Waals surface area (Å²) in [5, 5.41) is 3.99. The van der Waals surface area contributed by atoms with Crippen molar-refractivity contribution in [2.24, 2.45) is 0 Å². The Morgan fingerprint density at radius 1 is 1.29 bits per heavy atom. The highest BCUT2D eigenvalue weighted by Gasteiger charge is 2.08. The van der Waals surface area contributed by atoms with Crippen LogP contribution in [0.4, 0.5) is 5.82 Å². The van der Waals surface area contributed by atoms with Gasteiger partial charge < -0.3 is 10.2 Å². The lowest BCUT2D eigenvalue weighted by Gasteiger charge is -2.22. The second kappa shape index (κ2) is 7.51. The topological polar surface area (TPSA) is 28.2 Å². The minimum atomic E-state index is 0.729. The van der Waals surface area contributed by atoms with E-state index in [1.807, 2.05) is 12.1 Å². The number of aromatic nitrogens is 1. The molecule has 1 heterocycles.